The molecule has 0 atom stereocenters. The van der Waals surface area contributed by atoms with Crippen LogP contribution in [0.4, 0.5) is 5.13 Å². The Balaban J connectivity index is 1.39. The molecule has 110 valence electrons. The Morgan fingerprint density at radius 3 is 2.90 bits per heavy atom. The highest BCUT2D eigenvalue weighted by atomic mass is 32.1. The molecule has 0 aliphatic heterocycles. The molecular formula is C14H16N4O2S. The Morgan fingerprint density at radius 1 is 1.33 bits per heavy atom. The van der Waals surface area contributed by atoms with Gasteiger partial charge in [0.1, 0.15) is 12.1 Å². The molecule has 0 bridgehead atoms. The van der Waals surface area contributed by atoms with E-state index >= 15 is 0 Å². The molecule has 0 radical (unpaired) electrons. The number of oxazole rings is 1. The number of carbonyl (C=O) groups is 1. The van der Waals surface area contributed by atoms with Gasteiger partial charge >= 0.3 is 0 Å². The van der Waals surface area contributed by atoms with Gasteiger partial charge in [0.15, 0.2) is 11.6 Å². The lowest BCUT2D eigenvalue weighted by atomic mass is 9.85. The first kappa shape index (κ1) is 12.9. The van der Waals surface area contributed by atoms with Gasteiger partial charge in [-0.15, -0.1) is 0 Å². The van der Waals surface area contributed by atoms with Crippen LogP contribution >= 0.6 is 11.5 Å². The first-order valence-corrected chi connectivity index (χ1v) is 8.14. The number of hydrogen-bond acceptors (Lipinski definition) is 6. The van der Waals surface area contributed by atoms with Crippen LogP contribution in [0, 0.1) is 5.92 Å². The van der Waals surface area contributed by atoms with Gasteiger partial charge < -0.3 is 4.42 Å². The smallest absolute Gasteiger partial charge is 0.279 e. The van der Waals surface area contributed by atoms with Gasteiger partial charge in [-0.1, -0.05) is 6.42 Å². The quantitative estimate of drug-likeness (QED) is 0.918. The highest BCUT2D eigenvalue weighted by molar-refractivity contribution is 7.09. The van der Waals surface area contributed by atoms with Crippen LogP contribution in [0.3, 0.4) is 0 Å². The number of carbonyl (C=O) groups excluding carboxylic acids is 1. The molecule has 2 aliphatic rings. The van der Waals surface area contributed by atoms with E-state index in [1.54, 1.807) is 0 Å². The lowest BCUT2D eigenvalue weighted by Crippen LogP contribution is -2.13. The first-order chi connectivity index (χ1) is 10.3. The summed E-state index contributed by atoms with van der Waals surface area (Å²) in [6.07, 6.45) is 8.29. The maximum Gasteiger partial charge on any atom is 0.279 e. The van der Waals surface area contributed by atoms with Crippen molar-refractivity contribution >= 4 is 22.6 Å². The largest absolute Gasteiger partial charge is 0.448 e. The van der Waals surface area contributed by atoms with E-state index in [1.165, 1.54) is 37.1 Å². The number of aromatic nitrogens is 3. The average Bonchev–Trinajstić information content (AvgIpc) is 2.90. The summed E-state index contributed by atoms with van der Waals surface area (Å²) in [4.78, 5) is 20.7. The Hall–Kier alpha value is -1.76. The molecule has 2 aliphatic carbocycles. The summed E-state index contributed by atoms with van der Waals surface area (Å²) >= 11 is 1.22. The fraction of sp³-hybridized carbons (Fsp3) is 0.571. The lowest BCUT2D eigenvalue weighted by molar-refractivity contribution is 0.102. The van der Waals surface area contributed by atoms with Crippen LogP contribution in [0.15, 0.2) is 10.7 Å². The van der Waals surface area contributed by atoms with Crippen molar-refractivity contribution < 1.29 is 9.21 Å². The minimum Gasteiger partial charge on any atom is -0.448 e. The molecule has 0 spiro atoms. The standard InChI is InChI=1S/C14H16N4O2S/c19-12(10-7-20-13(15-10)9-2-1-3-9)17-14-16-11(18-21-14)6-8-4-5-8/h7-9H,1-6H2,(H,16,17,18,19). The molecule has 1 amide bonds. The van der Waals surface area contributed by atoms with Crippen molar-refractivity contribution in [3.63, 3.8) is 0 Å². The number of amides is 1. The second-order valence-electron chi connectivity index (χ2n) is 5.82. The molecule has 4 rings (SSSR count). The molecule has 6 nitrogen and oxygen atoms in total. The van der Waals surface area contributed by atoms with Gasteiger partial charge in [-0.3, -0.25) is 10.1 Å². The van der Waals surface area contributed by atoms with Gasteiger partial charge in [-0.05, 0) is 31.6 Å². The summed E-state index contributed by atoms with van der Waals surface area (Å²) in [5.41, 5.74) is 0.316. The second kappa shape index (κ2) is 5.22. The summed E-state index contributed by atoms with van der Waals surface area (Å²) < 4.78 is 9.66. The van der Waals surface area contributed by atoms with Crippen molar-refractivity contribution in [1.29, 1.82) is 0 Å². The van der Waals surface area contributed by atoms with Gasteiger partial charge in [0.25, 0.3) is 5.91 Å². The topological polar surface area (TPSA) is 80.9 Å². The Bertz CT molecular complexity index is 657. The van der Waals surface area contributed by atoms with Gasteiger partial charge in [-0.25, -0.2) is 9.97 Å². The fourth-order valence-electron chi connectivity index (χ4n) is 2.36. The monoisotopic (exact) mass is 304 g/mol. The summed E-state index contributed by atoms with van der Waals surface area (Å²) in [6, 6.07) is 0. The average molecular weight is 304 g/mol. The predicted molar refractivity (Wildman–Crippen MR) is 77.4 cm³/mol. The van der Waals surface area contributed by atoms with Crippen LogP contribution in [-0.2, 0) is 6.42 Å². The predicted octanol–water partition coefficient (Wildman–Crippen LogP) is 3.00. The van der Waals surface area contributed by atoms with Gasteiger partial charge in [0.2, 0.25) is 5.13 Å². The normalized spacial score (nSPS) is 18.5. The minimum absolute atomic E-state index is 0.279. The van der Waals surface area contributed by atoms with E-state index in [-0.39, 0.29) is 5.91 Å². The van der Waals surface area contributed by atoms with Gasteiger partial charge in [0.05, 0.1) is 0 Å². The maximum atomic E-state index is 12.1. The SMILES string of the molecule is O=C(Nc1nc(CC2CC2)ns1)c1coc(C2CCC2)n1. The Kier molecular flexibility index (Phi) is 3.21. The summed E-state index contributed by atoms with van der Waals surface area (Å²) in [6.45, 7) is 0. The fourth-order valence-corrected chi connectivity index (χ4v) is 2.96. The van der Waals surface area contributed by atoms with Crippen molar-refractivity contribution in [2.24, 2.45) is 5.92 Å². The third-order valence-electron chi connectivity index (χ3n) is 4.07. The van der Waals surface area contributed by atoms with Crippen LogP contribution < -0.4 is 5.32 Å². The highest BCUT2D eigenvalue weighted by Crippen LogP contribution is 2.35. The molecule has 0 aromatic carbocycles. The molecule has 2 saturated carbocycles. The summed E-state index contributed by atoms with van der Waals surface area (Å²) in [5.74, 6) is 2.35. The van der Waals surface area contributed by atoms with Crippen molar-refractivity contribution in [3.05, 3.63) is 23.7 Å². The van der Waals surface area contributed by atoms with E-state index in [4.69, 9.17) is 4.42 Å². The third kappa shape index (κ3) is 2.83. The van der Waals surface area contributed by atoms with Crippen molar-refractivity contribution in [3.8, 4) is 0 Å². The molecule has 7 heteroatoms. The highest BCUT2D eigenvalue weighted by Gasteiger charge is 2.26. The van der Waals surface area contributed by atoms with E-state index < -0.39 is 0 Å². The van der Waals surface area contributed by atoms with E-state index in [2.05, 4.69) is 19.7 Å². The number of anilines is 1. The number of nitrogens with one attached hydrogen (secondary N) is 1. The van der Waals surface area contributed by atoms with E-state index in [9.17, 15) is 4.79 Å². The van der Waals surface area contributed by atoms with Crippen molar-refractivity contribution in [2.75, 3.05) is 5.32 Å². The number of rotatable bonds is 5. The van der Waals surface area contributed by atoms with Crippen LogP contribution in [0.1, 0.15) is 60.2 Å². The molecule has 1 N–H and O–H groups in total. The third-order valence-corrected chi connectivity index (χ3v) is 4.73. The second-order valence-corrected chi connectivity index (χ2v) is 6.57. The molecule has 0 unspecified atom stereocenters. The zero-order chi connectivity index (χ0) is 14.2. The summed E-state index contributed by atoms with van der Waals surface area (Å²) in [5, 5.41) is 3.28. The van der Waals surface area contributed by atoms with Gasteiger partial charge in [-0.2, -0.15) is 4.37 Å². The van der Waals surface area contributed by atoms with Crippen molar-refractivity contribution in [2.45, 2.75) is 44.4 Å². The van der Waals surface area contributed by atoms with E-state index in [0.29, 0.717) is 22.6 Å². The van der Waals surface area contributed by atoms with Gasteiger partial charge in [0, 0.05) is 23.9 Å². The Morgan fingerprint density at radius 2 is 2.19 bits per heavy atom. The molecular weight excluding hydrogens is 288 g/mol. The zero-order valence-electron chi connectivity index (χ0n) is 11.5. The maximum absolute atomic E-state index is 12.1. The number of nitrogens with zero attached hydrogens (tertiary/aromatic N) is 3. The lowest BCUT2D eigenvalue weighted by Gasteiger charge is -2.21. The van der Waals surface area contributed by atoms with E-state index in [0.717, 1.165) is 31.0 Å². The molecule has 0 saturated heterocycles. The van der Waals surface area contributed by atoms with Crippen molar-refractivity contribution in [1.82, 2.24) is 14.3 Å². The van der Waals surface area contributed by atoms with Crippen LogP contribution in [0.2, 0.25) is 0 Å². The van der Waals surface area contributed by atoms with Crippen LogP contribution in [0.25, 0.3) is 0 Å². The molecule has 2 aromatic heterocycles. The summed E-state index contributed by atoms with van der Waals surface area (Å²) in [7, 11) is 0. The molecule has 2 aromatic rings. The van der Waals surface area contributed by atoms with Crippen LogP contribution in [-0.4, -0.2) is 20.2 Å². The molecule has 2 heterocycles. The Labute approximate surface area is 126 Å². The van der Waals surface area contributed by atoms with E-state index in [1.807, 2.05) is 0 Å². The molecule has 2 fully saturated rings. The first-order valence-electron chi connectivity index (χ1n) is 7.37. The number of hydrogen-bond donors (Lipinski definition) is 1. The van der Waals surface area contributed by atoms with Crippen LogP contribution in [0.5, 0.6) is 0 Å². The zero-order valence-corrected chi connectivity index (χ0v) is 12.4. The molecule has 21 heavy (non-hydrogen) atoms. The minimum atomic E-state index is -0.279.